The fraction of sp³-hybridized carbons (Fsp3) is 1.00. The predicted molar refractivity (Wildman–Crippen MR) is 39.8 cm³/mol. The molecular formula is C8H16O2. The minimum Gasteiger partial charge on any atom is -0.390 e. The molecule has 2 nitrogen and oxygen atoms in total. The second-order valence-electron chi connectivity index (χ2n) is 3.26. The number of aliphatic hydroxyl groups excluding tert-OH is 1. The number of hydrogen-bond acceptors (Lipinski definition) is 2. The van der Waals surface area contributed by atoms with Crippen molar-refractivity contribution in [3.8, 4) is 0 Å². The minimum absolute atomic E-state index is 0.0868. The molecule has 1 fully saturated rings. The van der Waals surface area contributed by atoms with E-state index in [0.29, 0.717) is 5.92 Å². The Kier molecular flexibility index (Phi) is 2.69. The van der Waals surface area contributed by atoms with Crippen molar-refractivity contribution in [2.24, 2.45) is 5.92 Å². The van der Waals surface area contributed by atoms with Crippen LogP contribution in [0.1, 0.15) is 26.2 Å². The van der Waals surface area contributed by atoms with Crippen LogP contribution in [0.3, 0.4) is 0 Å². The zero-order valence-corrected chi connectivity index (χ0v) is 6.71. The Hall–Kier alpha value is -0.0800. The molecule has 3 unspecified atom stereocenters. The molecule has 0 amide bonds. The Labute approximate surface area is 62.2 Å². The smallest absolute Gasteiger partial charge is 0.0832 e. The summed E-state index contributed by atoms with van der Waals surface area (Å²) in [5.41, 5.74) is 0. The van der Waals surface area contributed by atoms with Gasteiger partial charge in [-0.1, -0.05) is 6.92 Å². The van der Waals surface area contributed by atoms with E-state index in [1.807, 2.05) is 0 Å². The van der Waals surface area contributed by atoms with Crippen LogP contribution in [0.5, 0.6) is 0 Å². The van der Waals surface area contributed by atoms with E-state index in [9.17, 15) is 5.11 Å². The van der Waals surface area contributed by atoms with Gasteiger partial charge in [0.15, 0.2) is 0 Å². The van der Waals surface area contributed by atoms with E-state index in [0.717, 1.165) is 19.3 Å². The quantitative estimate of drug-likeness (QED) is 0.599. The van der Waals surface area contributed by atoms with Crippen LogP contribution in [0.15, 0.2) is 0 Å². The largest absolute Gasteiger partial charge is 0.390 e. The van der Waals surface area contributed by atoms with Crippen molar-refractivity contribution in [3.63, 3.8) is 0 Å². The second-order valence-corrected chi connectivity index (χ2v) is 3.26. The highest BCUT2D eigenvalue weighted by Gasteiger charge is 2.26. The van der Waals surface area contributed by atoms with Crippen molar-refractivity contribution in [3.05, 3.63) is 0 Å². The molecule has 1 N–H and O–H groups in total. The molecule has 3 atom stereocenters. The monoisotopic (exact) mass is 144 g/mol. The van der Waals surface area contributed by atoms with Gasteiger partial charge in [-0.05, 0) is 25.2 Å². The molecule has 60 valence electrons. The maximum absolute atomic E-state index is 9.36. The maximum Gasteiger partial charge on any atom is 0.0832 e. The van der Waals surface area contributed by atoms with Crippen LogP contribution >= 0.6 is 0 Å². The summed E-state index contributed by atoms with van der Waals surface area (Å²) >= 11 is 0. The summed E-state index contributed by atoms with van der Waals surface area (Å²) in [5.74, 6) is 0.716. The maximum atomic E-state index is 9.36. The summed E-state index contributed by atoms with van der Waals surface area (Å²) in [7, 11) is 1.67. The van der Waals surface area contributed by atoms with E-state index < -0.39 is 0 Å². The van der Waals surface area contributed by atoms with Crippen LogP contribution in [0, 0.1) is 5.92 Å². The van der Waals surface area contributed by atoms with Gasteiger partial charge in [-0.15, -0.1) is 0 Å². The lowest BCUT2D eigenvalue weighted by atomic mass is 9.87. The fourth-order valence-electron chi connectivity index (χ4n) is 1.57. The van der Waals surface area contributed by atoms with Crippen LogP contribution in [-0.4, -0.2) is 24.4 Å². The summed E-state index contributed by atoms with van der Waals surface area (Å²) in [6.45, 7) is 2.21. The summed E-state index contributed by atoms with van der Waals surface area (Å²) in [6.07, 6.45) is 2.92. The molecule has 0 aromatic rings. The summed E-state index contributed by atoms with van der Waals surface area (Å²) in [6, 6.07) is 0. The SMILES string of the molecule is COC1CC(C)CCC1O. The van der Waals surface area contributed by atoms with Gasteiger partial charge in [0.25, 0.3) is 0 Å². The number of ether oxygens (including phenoxy) is 1. The first kappa shape index (κ1) is 8.02. The van der Waals surface area contributed by atoms with Gasteiger partial charge in [0.2, 0.25) is 0 Å². The molecule has 0 heterocycles. The zero-order chi connectivity index (χ0) is 7.56. The summed E-state index contributed by atoms with van der Waals surface area (Å²) in [5, 5.41) is 9.36. The van der Waals surface area contributed by atoms with Crippen LogP contribution in [0.25, 0.3) is 0 Å². The summed E-state index contributed by atoms with van der Waals surface area (Å²) in [4.78, 5) is 0. The molecular weight excluding hydrogens is 128 g/mol. The Morgan fingerprint density at radius 3 is 2.60 bits per heavy atom. The number of rotatable bonds is 1. The first-order chi connectivity index (χ1) is 4.74. The van der Waals surface area contributed by atoms with E-state index in [4.69, 9.17) is 4.74 Å². The van der Waals surface area contributed by atoms with Gasteiger partial charge in [0.05, 0.1) is 12.2 Å². The van der Waals surface area contributed by atoms with Gasteiger partial charge in [-0.3, -0.25) is 0 Å². The lowest BCUT2D eigenvalue weighted by molar-refractivity contribution is -0.0481. The van der Waals surface area contributed by atoms with Crippen LogP contribution in [0.4, 0.5) is 0 Å². The average Bonchev–Trinajstić information content (AvgIpc) is 1.94. The van der Waals surface area contributed by atoms with E-state index in [-0.39, 0.29) is 12.2 Å². The molecule has 0 aromatic carbocycles. The lowest BCUT2D eigenvalue weighted by Crippen LogP contribution is -2.34. The molecule has 2 heteroatoms. The van der Waals surface area contributed by atoms with Crippen molar-refractivity contribution in [1.82, 2.24) is 0 Å². The highest BCUT2D eigenvalue weighted by Crippen LogP contribution is 2.25. The van der Waals surface area contributed by atoms with Crippen molar-refractivity contribution >= 4 is 0 Å². The molecule has 0 aromatic heterocycles. The normalized spacial score (nSPS) is 41.7. The zero-order valence-electron chi connectivity index (χ0n) is 6.71. The van der Waals surface area contributed by atoms with Crippen LogP contribution in [0.2, 0.25) is 0 Å². The Bertz CT molecular complexity index is 103. The predicted octanol–water partition coefficient (Wildman–Crippen LogP) is 1.18. The molecule has 1 rings (SSSR count). The molecule has 0 bridgehead atoms. The van der Waals surface area contributed by atoms with Gasteiger partial charge in [0, 0.05) is 7.11 Å². The van der Waals surface area contributed by atoms with Gasteiger partial charge in [0.1, 0.15) is 0 Å². The van der Waals surface area contributed by atoms with Crippen molar-refractivity contribution in [2.75, 3.05) is 7.11 Å². The summed E-state index contributed by atoms with van der Waals surface area (Å²) < 4.78 is 5.12. The molecule has 1 aliphatic rings. The highest BCUT2D eigenvalue weighted by atomic mass is 16.5. The molecule has 0 spiro atoms. The van der Waals surface area contributed by atoms with Crippen molar-refractivity contribution in [1.29, 1.82) is 0 Å². The third-order valence-corrected chi connectivity index (χ3v) is 2.32. The lowest BCUT2D eigenvalue weighted by Gasteiger charge is -2.30. The first-order valence-corrected chi connectivity index (χ1v) is 3.95. The van der Waals surface area contributed by atoms with E-state index >= 15 is 0 Å². The molecule has 0 aliphatic heterocycles. The van der Waals surface area contributed by atoms with E-state index in [1.54, 1.807) is 7.11 Å². The van der Waals surface area contributed by atoms with Gasteiger partial charge >= 0.3 is 0 Å². The molecule has 0 radical (unpaired) electrons. The third kappa shape index (κ3) is 1.70. The Morgan fingerprint density at radius 2 is 2.10 bits per heavy atom. The first-order valence-electron chi connectivity index (χ1n) is 3.95. The average molecular weight is 144 g/mol. The topological polar surface area (TPSA) is 29.5 Å². The minimum atomic E-state index is -0.221. The standard InChI is InChI=1S/C8H16O2/c1-6-3-4-7(9)8(5-6)10-2/h6-9H,3-5H2,1-2H3. The number of hydrogen-bond donors (Lipinski definition) is 1. The van der Waals surface area contributed by atoms with Crippen molar-refractivity contribution < 1.29 is 9.84 Å². The van der Waals surface area contributed by atoms with Gasteiger partial charge < -0.3 is 9.84 Å². The third-order valence-electron chi connectivity index (χ3n) is 2.32. The number of methoxy groups -OCH3 is 1. The molecule has 1 aliphatic carbocycles. The molecule has 0 saturated heterocycles. The molecule has 1 saturated carbocycles. The molecule has 10 heavy (non-hydrogen) atoms. The van der Waals surface area contributed by atoms with E-state index in [1.165, 1.54) is 0 Å². The van der Waals surface area contributed by atoms with Crippen molar-refractivity contribution in [2.45, 2.75) is 38.4 Å². The van der Waals surface area contributed by atoms with Gasteiger partial charge in [-0.2, -0.15) is 0 Å². The second kappa shape index (κ2) is 3.35. The van der Waals surface area contributed by atoms with Crippen LogP contribution < -0.4 is 0 Å². The Balaban J connectivity index is 2.38. The highest BCUT2D eigenvalue weighted by molar-refractivity contribution is 4.77. The van der Waals surface area contributed by atoms with Crippen LogP contribution in [-0.2, 0) is 4.74 Å². The van der Waals surface area contributed by atoms with E-state index in [2.05, 4.69) is 6.92 Å². The Morgan fingerprint density at radius 1 is 1.40 bits per heavy atom. The number of aliphatic hydroxyl groups is 1. The van der Waals surface area contributed by atoms with Gasteiger partial charge in [-0.25, -0.2) is 0 Å². The fourth-order valence-corrected chi connectivity index (χ4v) is 1.57.